The maximum atomic E-state index is 5.89. The van der Waals surface area contributed by atoms with Gasteiger partial charge in [-0.15, -0.1) is 0 Å². The summed E-state index contributed by atoms with van der Waals surface area (Å²) in [6, 6.07) is 17.3. The van der Waals surface area contributed by atoms with E-state index in [2.05, 4.69) is 0 Å². The Bertz CT molecular complexity index is 720. The lowest BCUT2D eigenvalue weighted by atomic mass is 10.1. The molecule has 19 heavy (non-hydrogen) atoms. The van der Waals surface area contributed by atoms with Crippen LogP contribution in [0.3, 0.4) is 0 Å². The minimum atomic E-state index is 0.717. The molecule has 0 saturated carbocycles. The fourth-order valence-electron chi connectivity index (χ4n) is 1.96. The van der Waals surface area contributed by atoms with Crippen LogP contribution >= 0.6 is 11.6 Å². The topological polar surface area (TPSA) is 20.5 Å². The summed E-state index contributed by atoms with van der Waals surface area (Å²) in [6.45, 7) is 0. The molecular formula is C16H12ClO2+. The van der Waals surface area contributed by atoms with Crippen molar-refractivity contribution in [3.8, 4) is 17.1 Å². The lowest BCUT2D eigenvalue weighted by Gasteiger charge is -1.98. The normalized spacial score (nSPS) is 10.6. The first-order chi connectivity index (χ1) is 9.26. The first-order valence-corrected chi connectivity index (χ1v) is 6.31. The Morgan fingerprint density at radius 3 is 2.47 bits per heavy atom. The van der Waals surface area contributed by atoms with Crippen LogP contribution in [0.4, 0.5) is 0 Å². The van der Waals surface area contributed by atoms with Crippen LogP contribution in [0.15, 0.2) is 59.0 Å². The average Bonchev–Trinajstić information content (AvgIpc) is 2.47. The van der Waals surface area contributed by atoms with Crippen molar-refractivity contribution in [2.75, 3.05) is 7.11 Å². The molecule has 1 aromatic heterocycles. The van der Waals surface area contributed by atoms with Gasteiger partial charge in [0.25, 0.3) is 0 Å². The van der Waals surface area contributed by atoms with Gasteiger partial charge < -0.3 is 4.74 Å². The number of methoxy groups -OCH3 is 1. The molecule has 0 N–H and O–H groups in total. The average molecular weight is 272 g/mol. The molecule has 0 aliphatic rings. The predicted molar refractivity (Wildman–Crippen MR) is 77.6 cm³/mol. The van der Waals surface area contributed by atoms with Gasteiger partial charge in [0.05, 0.1) is 18.1 Å². The highest BCUT2D eigenvalue weighted by molar-refractivity contribution is 6.30. The molecule has 1 heterocycles. The monoisotopic (exact) mass is 271 g/mol. The molecule has 0 aliphatic carbocycles. The summed E-state index contributed by atoms with van der Waals surface area (Å²) in [5, 5.41) is 1.73. The highest BCUT2D eigenvalue weighted by Gasteiger charge is 2.14. The summed E-state index contributed by atoms with van der Waals surface area (Å²) in [5.41, 5.74) is 1.83. The summed E-state index contributed by atoms with van der Waals surface area (Å²) < 4.78 is 11.1. The fraction of sp³-hybridized carbons (Fsp3) is 0.0625. The third-order valence-electron chi connectivity index (χ3n) is 2.98. The zero-order valence-electron chi connectivity index (χ0n) is 10.4. The van der Waals surface area contributed by atoms with Crippen LogP contribution in [0.2, 0.25) is 5.02 Å². The van der Waals surface area contributed by atoms with E-state index >= 15 is 0 Å². The number of hydrogen-bond acceptors (Lipinski definition) is 1. The van der Waals surface area contributed by atoms with Crippen molar-refractivity contribution in [3.05, 3.63) is 59.6 Å². The van der Waals surface area contributed by atoms with Crippen LogP contribution in [0.25, 0.3) is 22.3 Å². The molecule has 0 amide bonds. The molecule has 3 rings (SSSR count). The first-order valence-electron chi connectivity index (χ1n) is 5.93. The molecule has 0 aliphatic heterocycles. The van der Waals surface area contributed by atoms with Crippen molar-refractivity contribution in [2.45, 2.75) is 0 Å². The van der Waals surface area contributed by atoms with Crippen LogP contribution in [0.1, 0.15) is 0 Å². The van der Waals surface area contributed by atoms with E-state index in [0.717, 1.165) is 28.0 Å². The molecule has 0 atom stereocenters. The molecule has 0 spiro atoms. The summed E-state index contributed by atoms with van der Waals surface area (Å²) in [4.78, 5) is 0. The Morgan fingerprint density at radius 2 is 1.74 bits per heavy atom. The van der Waals surface area contributed by atoms with Crippen molar-refractivity contribution >= 4 is 22.6 Å². The quantitative estimate of drug-likeness (QED) is 0.609. The molecule has 2 aromatic carbocycles. The highest BCUT2D eigenvalue weighted by atomic mass is 35.5. The Balaban J connectivity index is 2.08. The van der Waals surface area contributed by atoms with Crippen LogP contribution in [0.5, 0.6) is 5.75 Å². The number of hydrogen-bond donors (Lipinski definition) is 0. The van der Waals surface area contributed by atoms with Crippen LogP contribution in [-0.4, -0.2) is 7.11 Å². The summed E-state index contributed by atoms with van der Waals surface area (Å²) in [7, 11) is 1.65. The molecule has 0 bridgehead atoms. The second-order valence-corrected chi connectivity index (χ2v) is 4.65. The van der Waals surface area contributed by atoms with Crippen molar-refractivity contribution in [1.82, 2.24) is 0 Å². The lowest BCUT2D eigenvalue weighted by molar-refractivity contribution is 0.415. The molecule has 0 fully saturated rings. The molecule has 0 saturated heterocycles. The van der Waals surface area contributed by atoms with E-state index in [-0.39, 0.29) is 0 Å². The number of halogens is 1. The molecular weight excluding hydrogens is 260 g/mol. The minimum Gasteiger partial charge on any atom is -0.497 e. The molecule has 3 heteroatoms. The summed E-state index contributed by atoms with van der Waals surface area (Å²) in [6.07, 6.45) is 0. The highest BCUT2D eigenvalue weighted by Crippen LogP contribution is 2.27. The van der Waals surface area contributed by atoms with E-state index in [1.807, 2.05) is 54.6 Å². The largest absolute Gasteiger partial charge is 0.497 e. The maximum absolute atomic E-state index is 5.89. The van der Waals surface area contributed by atoms with Gasteiger partial charge in [-0.25, -0.2) is 4.42 Å². The predicted octanol–water partition coefficient (Wildman–Crippen LogP) is 5.04. The van der Waals surface area contributed by atoms with Crippen LogP contribution in [0, 0.1) is 0 Å². The van der Waals surface area contributed by atoms with Gasteiger partial charge in [0.2, 0.25) is 0 Å². The van der Waals surface area contributed by atoms with Crippen molar-refractivity contribution in [3.63, 3.8) is 0 Å². The Labute approximate surface area is 116 Å². The Hall–Kier alpha value is -2.06. The summed E-state index contributed by atoms with van der Waals surface area (Å²) in [5.74, 6) is 1.64. The SMILES string of the molecule is COc1ccc2[o+]c(-c3ccc(Cl)cc3)ccc2c1. The fourth-order valence-corrected chi connectivity index (χ4v) is 2.09. The molecule has 0 radical (unpaired) electrons. The van der Waals surface area contributed by atoms with E-state index in [9.17, 15) is 0 Å². The first kappa shape index (κ1) is 12.0. The van der Waals surface area contributed by atoms with E-state index in [0.29, 0.717) is 5.02 Å². The van der Waals surface area contributed by atoms with Crippen molar-refractivity contribution in [2.24, 2.45) is 0 Å². The van der Waals surface area contributed by atoms with Gasteiger partial charge in [0, 0.05) is 17.2 Å². The number of benzene rings is 2. The molecule has 0 unspecified atom stereocenters. The second kappa shape index (κ2) is 4.90. The van der Waals surface area contributed by atoms with Gasteiger partial charge in [-0.1, -0.05) is 11.6 Å². The van der Waals surface area contributed by atoms with E-state index in [1.165, 1.54) is 0 Å². The smallest absolute Gasteiger partial charge is 0.361 e. The van der Waals surface area contributed by atoms with Gasteiger partial charge >= 0.3 is 11.3 Å². The van der Waals surface area contributed by atoms with Gasteiger partial charge in [-0.05, 0) is 42.5 Å². The molecule has 94 valence electrons. The number of rotatable bonds is 2. The van der Waals surface area contributed by atoms with Crippen molar-refractivity contribution in [1.29, 1.82) is 0 Å². The van der Waals surface area contributed by atoms with E-state index in [4.69, 9.17) is 20.8 Å². The zero-order chi connectivity index (χ0) is 13.2. The third kappa shape index (κ3) is 2.40. The summed E-state index contributed by atoms with van der Waals surface area (Å²) >= 11 is 5.88. The molecule has 3 aromatic rings. The van der Waals surface area contributed by atoms with E-state index < -0.39 is 0 Å². The third-order valence-corrected chi connectivity index (χ3v) is 3.23. The van der Waals surface area contributed by atoms with Crippen LogP contribution in [-0.2, 0) is 0 Å². The lowest BCUT2D eigenvalue weighted by Crippen LogP contribution is -1.83. The number of fused-ring (bicyclic) bond motifs is 1. The van der Waals surface area contributed by atoms with Gasteiger partial charge in [0.1, 0.15) is 5.75 Å². The van der Waals surface area contributed by atoms with Crippen LogP contribution < -0.4 is 4.74 Å². The van der Waals surface area contributed by atoms with Gasteiger partial charge in [-0.3, -0.25) is 0 Å². The maximum Gasteiger partial charge on any atom is 0.361 e. The molecule has 2 nitrogen and oxygen atoms in total. The van der Waals surface area contributed by atoms with Crippen molar-refractivity contribution < 1.29 is 9.15 Å². The standard InChI is InChI=1S/C16H12ClO2/c1-18-14-7-9-16-12(10-14)4-8-15(19-16)11-2-5-13(17)6-3-11/h2-10H,1H3/q+1. The number of ether oxygens (including phenoxy) is 1. The second-order valence-electron chi connectivity index (χ2n) is 4.21. The zero-order valence-corrected chi connectivity index (χ0v) is 11.1. The van der Waals surface area contributed by atoms with Gasteiger partial charge in [-0.2, -0.15) is 0 Å². The van der Waals surface area contributed by atoms with E-state index in [1.54, 1.807) is 7.11 Å². The Kier molecular flexibility index (Phi) is 3.10. The Morgan fingerprint density at radius 1 is 0.947 bits per heavy atom. The van der Waals surface area contributed by atoms with Gasteiger partial charge in [0.15, 0.2) is 0 Å². The minimum absolute atomic E-state index is 0.717.